The molecule has 0 aliphatic carbocycles. The van der Waals surface area contributed by atoms with Crippen LogP contribution in [0.3, 0.4) is 0 Å². The summed E-state index contributed by atoms with van der Waals surface area (Å²) in [6.07, 6.45) is 8.42. The smallest absolute Gasteiger partial charge is 0.185 e. The summed E-state index contributed by atoms with van der Waals surface area (Å²) in [6, 6.07) is 7.95. The van der Waals surface area contributed by atoms with E-state index >= 15 is 0 Å². The molecule has 1 aromatic carbocycles. The third-order valence-electron chi connectivity index (χ3n) is 3.52. The molecule has 0 saturated heterocycles. The first-order valence-electron chi connectivity index (χ1n) is 7.27. The van der Waals surface area contributed by atoms with Crippen molar-refractivity contribution in [2.24, 2.45) is 0 Å². The van der Waals surface area contributed by atoms with Crippen LogP contribution in [-0.2, 0) is 6.54 Å². The number of fused-ring (bicyclic) bond motifs is 1. The molecule has 0 fully saturated rings. The maximum absolute atomic E-state index is 11.1. The fraction of sp³-hybridized carbons (Fsp3) is 0.500. The summed E-state index contributed by atoms with van der Waals surface area (Å²) < 4.78 is 2.04. The lowest BCUT2D eigenvalue weighted by Crippen LogP contribution is -2.03. The maximum Gasteiger partial charge on any atom is 0.185 e. The van der Waals surface area contributed by atoms with Crippen LogP contribution in [0.5, 0.6) is 0 Å². The van der Waals surface area contributed by atoms with E-state index < -0.39 is 0 Å². The Hall–Kier alpha value is -1.64. The van der Waals surface area contributed by atoms with Gasteiger partial charge in [-0.25, -0.2) is 4.98 Å². The molecule has 0 radical (unpaired) electrons. The molecular weight excluding hydrogens is 236 g/mol. The monoisotopic (exact) mass is 258 g/mol. The van der Waals surface area contributed by atoms with E-state index in [1.807, 2.05) is 28.8 Å². The third kappa shape index (κ3) is 3.43. The highest BCUT2D eigenvalue weighted by Gasteiger charge is 2.08. The molecule has 0 N–H and O–H groups in total. The molecule has 1 heterocycles. The molecule has 0 aliphatic heterocycles. The van der Waals surface area contributed by atoms with Gasteiger partial charge >= 0.3 is 0 Å². The van der Waals surface area contributed by atoms with Crippen LogP contribution in [0.25, 0.3) is 11.0 Å². The molecule has 0 amide bonds. The van der Waals surface area contributed by atoms with Gasteiger partial charge in [-0.15, -0.1) is 0 Å². The first-order chi connectivity index (χ1) is 9.36. The van der Waals surface area contributed by atoms with E-state index in [4.69, 9.17) is 0 Å². The van der Waals surface area contributed by atoms with Crippen molar-refractivity contribution in [2.45, 2.75) is 52.0 Å². The highest BCUT2D eigenvalue weighted by Crippen LogP contribution is 2.16. The number of hydrogen-bond acceptors (Lipinski definition) is 2. The summed E-state index contributed by atoms with van der Waals surface area (Å²) >= 11 is 0. The van der Waals surface area contributed by atoms with Crippen LogP contribution in [0.1, 0.15) is 56.1 Å². The molecule has 3 heteroatoms. The van der Waals surface area contributed by atoms with E-state index in [0.717, 1.165) is 30.3 Å². The lowest BCUT2D eigenvalue weighted by Gasteiger charge is -2.06. The Balaban J connectivity index is 1.97. The Labute approximate surface area is 114 Å². The second-order valence-electron chi connectivity index (χ2n) is 5.00. The number of aldehydes is 1. The maximum atomic E-state index is 11.1. The van der Waals surface area contributed by atoms with E-state index in [1.165, 1.54) is 32.1 Å². The molecule has 102 valence electrons. The quantitative estimate of drug-likeness (QED) is 0.525. The van der Waals surface area contributed by atoms with Crippen molar-refractivity contribution in [3.05, 3.63) is 30.1 Å². The summed E-state index contributed by atoms with van der Waals surface area (Å²) in [4.78, 5) is 15.4. The molecule has 0 atom stereocenters. The van der Waals surface area contributed by atoms with Crippen LogP contribution in [0.4, 0.5) is 0 Å². The highest BCUT2D eigenvalue weighted by molar-refractivity contribution is 5.82. The minimum absolute atomic E-state index is 0.551. The zero-order chi connectivity index (χ0) is 13.5. The number of nitrogens with zero attached hydrogens (tertiary/aromatic N) is 2. The Morgan fingerprint density at radius 3 is 2.63 bits per heavy atom. The minimum atomic E-state index is 0.551. The van der Waals surface area contributed by atoms with Gasteiger partial charge < -0.3 is 4.57 Å². The van der Waals surface area contributed by atoms with Crippen LogP contribution in [0.15, 0.2) is 24.3 Å². The molecular formula is C16H22N2O. The molecule has 0 unspecified atom stereocenters. The number of imidazole rings is 1. The summed E-state index contributed by atoms with van der Waals surface area (Å²) in [5, 5.41) is 0. The fourth-order valence-corrected chi connectivity index (χ4v) is 2.47. The number of rotatable bonds is 8. The predicted molar refractivity (Wildman–Crippen MR) is 78.5 cm³/mol. The number of aryl methyl sites for hydroxylation is 1. The van der Waals surface area contributed by atoms with Crippen molar-refractivity contribution in [3.8, 4) is 0 Å². The second-order valence-corrected chi connectivity index (χ2v) is 5.00. The molecule has 2 aromatic rings. The van der Waals surface area contributed by atoms with Crippen molar-refractivity contribution in [3.63, 3.8) is 0 Å². The molecule has 0 saturated carbocycles. The second kappa shape index (κ2) is 7.07. The van der Waals surface area contributed by atoms with E-state index in [9.17, 15) is 4.79 Å². The summed E-state index contributed by atoms with van der Waals surface area (Å²) in [5.74, 6) is 0.551. The van der Waals surface area contributed by atoms with Crippen molar-refractivity contribution < 1.29 is 4.79 Å². The largest absolute Gasteiger partial charge is 0.322 e. The van der Waals surface area contributed by atoms with Crippen molar-refractivity contribution >= 4 is 17.3 Å². The van der Waals surface area contributed by atoms with E-state index in [-0.39, 0.29) is 0 Å². The first kappa shape index (κ1) is 13.8. The Morgan fingerprint density at radius 1 is 1.11 bits per heavy atom. The average Bonchev–Trinajstić information content (AvgIpc) is 2.81. The molecule has 3 nitrogen and oxygen atoms in total. The van der Waals surface area contributed by atoms with E-state index in [2.05, 4.69) is 11.9 Å². The summed E-state index contributed by atoms with van der Waals surface area (Å²) in [5.41, 5.74) is 1.98. The van der Waals surface area contributed by atoms with Gasteiger partial charge in [-0.1, -0.05) is 51.2 Å². The number of para-hydroxylation sites is 2. The van der Waals surface area contributed by atoms with Gasteiger partial charge in [-0.3, -0.25) is 4.79 Å². The number of carbonyl (C=O) groups excluding carboxylic acids is 1. The highest BCUT2D eigenvalue weighted by atomic mass is 16.1. The van der Waals surface area contributed by atoms with Crippen LogP contribution in [-0.4, -0.2) is 15.8 Å². The standard InChI is InChI=1S/C16H22N2O/c1-2-3-4-5-6-9-12-18-15-11-8-7-10-14(15)17-16(18)13-19/h7-8,10-11,13H,2-6,9,12H2,1H3. The molecule has 0 bridgehead atoms. The predicted octanol–water partition coefficient (Wildman–Crippen LogP) is 4.21. The number of aromatic nitrogens is 2. The summed E-state index contributed by atoms with van der Waals surface area (Å²) in [6.45, 7) is 3.12. The average molecular weight is 258 g/mol. The number of hydrogen-bond donors (Lipinski definition) is 0. The molecule has 1 aromatic heterocycles. The Kier molecular flexibility index (Phi) is 5.13. The van der Waals surface area contributed by atoms with Gasteiger partial charge in [-0.2, -0.15) is 0 Å². The third-order valence-corrected chi connectivity index (χ3v) is 3.52. The number of benzene rings is 1. The minimum Gasteiger partial charge on any atom is -0.322 e. The van der Waals surface area contributed by atoms with Gasteiger partial charge in [0.05, 0.1) is 11.0 Å². The molecule has 19 heavy (non-hydrogen) atoms. The van der Waals surface area contributed by atoms with Crippen LogP contribution < -0.4 is 0 Å². The van der Waals surface area contributed by atoms with Crippen LogP contribution in [0, 0.1) is 0 Å². The van der Waals surface area contributed by atoms with E-state index in [1.54, 1.807) is 0 Å². The normalized spacial score (nSPS) is 11.0. The molecule has 0 aliphatic rings. The molecule has 2 rings (SSSR count). The first-order valence-corrected chi connectivity index (χ1v) is 7.27. The Morgan fingerprint density at radius 2 is 1.84 bits per heavy atom. The van der Waals surface area contributed by atoms with Gasteiger partial charge in [0.1, 0.15) is 0 Å². The SMILES string of the molecule is CCCCCCCCn1c(C=O)nc2ccccc21. The lowest BCUT2D eigenvalue weighted by molar-refractivity contribution is 0.111. The van der Waals surface area contributed by atoms with Gasteiger partial charge in [-0.05, 0) is 18.6 Å². The van der Waals surface area contributed by atoms with Gasteiger partial charge in [0, 0.05) is 6.54 Å². The fourth-order valence-electron chi connectivity index (χ4n) is 2.47. The number of carbonyl (C=O) groups is 1. The summed E-state index contributed by atoms with van der Waals surface area (Å²) in [7, 11) is 0. The number of unbranched alkanes of at least 4 members (excludes halogenated alkanes) is 5. The van der Waals surface area contributed by atoms with Crippen molar-refractivity contribution in [1.29, 1.82) is 0 Å². The van der Waals surface area contributed by atoms with Gasteiger partial charge in [0.25, 0.3) is 0 Å². The zero-order valence-corrected chi connectivity index (χ0v) is 11.6. The van der Waals surface area contributed by atoms with Gasteiger partial charge in [0.15, 0.2) is 12.1 Å². The van der Waals surface area contributed by atoms with Crippen molar-refractivity contribution in [1.82, 2.24) is 9.55 Å². The molecule has 0 spiro atoms. The van der Waals surface area contributed by atoms with Gasteiger partial charge in [0.2, 0.25) is 0 Å². The van der Waals surface area contributed by atoms with Crippen molar-refractivity contribution in [2.75, 3.05) is 0 Å². The van der Waals surface area contributed by atoms with Crippen LogP contribution >= 0.6 is 0 Å². The topological polar surface area (TPSA) is 34.9 Å². The Bertz CT molecular complexity index is 531. The lowest BCUT2D eigenvalue weighted by atomic mass is 10.1. The van der Waals surface area contributed by atoms with Crippen LogP contribution in [0.2, 0.25) is 0 Å². The zero-order valence-electron chi connectivity index (χ0n) is 11.6. The van der Waals surface area contributed by atoms with E-state index in [0.29, 0.717) is 5.82 Å².